The highest BCUT2D eigenvalue weighted by Gasteiger charge is 2.38. The summed E-state index contributed by atoms with van der Waals surface area (Å²) in [5.74, 6) is 0.721. The molecule has 0 radical (unpaired) electrons. The molecule has 0 saturated heterocycles. The number of aliphatic hydroxyl groups is 2. The third-order valence-corrected chi connectivity index (χ3v) is 7.72. The van der Waals surface area contributed by atoms with Gasteiger partial charge in [0.2, 0.25) is 5.91 Å². The van der Waals surface area contributed by atoms with Gasteiger partial charge in [-0.1, -0.05) is 56.4 Å². The molecule has 0 spiro atoms. The molecular weight excluding hydrogens is 376 g/mol. The number of hydrogen-bond acceptors (Lipinski definition) is 4. The maximum absolute atomic E-state index is 13.2. The molecule has 5 heteroatoms. The molecule has 2 saturated carbocycles. The number of fused-ring (bicyclic) bond motifs is 1. The Balaban J connectivity index is 1.37. The molecule has 1 unspecified atom stereocenters. The van der Waals surface area contributed by atoms with E-state index in [1.807, 2.05) is 0 Å². The Morgan fingerprint density at radius 1 is 1.10 bits per heavy atom. The van der Waals surface area contributed by atoms with Gasteiger partial charge in [-0.3, -0.25) is 4.79 Å². The van der Waals surface area contributed by atoms with Crippen LogP contribution in [0.15, 0.2) is 24.3 Å². The Kier molecular flexibility index (Phi) is 7.12. The molecule has 2 fully saturated rings. The zero-order chi connectivity index (χ0) is 21.0. The van der Waals surface area contributed by atoms with Gasteiger partial charge in [-0.25, -0.2) is 0 Å². The Labute approximate surface area is 180 Å². The number of carbonyl (C=O) groups is 1. The van der Waals surface area contributed by atoms with Gasteiger partial charge in [0.25, 0.3) is 0 Å². The number of nitrogens with one attached hydrogen (secondary N) is 1. The van der Waals surface area contributed by atoms with Crippen LogP contribution in [-0.4, -0.2) is 52.4 Å². The van der Waals surface area contributed by atoms with Gasteiger partial charge in [-0.15, -0.1) is 0 Å². The lowest BCUT2D eigenvalue weighted by Crippen LogP contribution is -2.49. The topological polar surface area (TPSA) is 72.8 Å². The summed E-state index contributed by atoms with van der Waals surface area (Å²) in [6, 6.07) is 8.87. The molecule has 1 heterocycles. The van der Waals surface area contributed by atoms with Crippen molar-refractivity contribution in [3.63, 3.8) is 0 Å². The summed E-state index contributed by atoms with van der Waals surface area (Å²) in [5.41, 5.74) is 1.76. The van der Waals surface area contributed by atoms with E-state index in [2.05, 4.69) is 34.5 Å². The largest absolute Gasteiger partial charge is 0.390 e. The van der Waals surface area contributed by atoms with E-state index in [1.165, 1.54) is 43.2 Å². The number of rotatable bonds is 6. The lowest BCUT2D eigenvalue weighted by molar-refractivity contribution is -0.135. The highest BCUT2D eigenvalue weighted by Crippen LogP contribution is 2.42. The second kappa shape index (κ2) is 9.80. The Hall–Kier alpha value is -1.43. The van der Waals surface area contributed by atoms with Crippen molar-refractivity contribution in [2.45, 2.75) is 88.4 Å². The molecule has 3 atom stereocenters. The first-order valence-corrected chi connectivity index (χ1v) is 12.1. The van der Waals surface area contributed by atoms with Crippen LogP contribution >= 0.6 is 0 Å². The fraction of sp³-hybridized carbons (Fsp3) is 0.720. The van der Waals surface area contributed by atoms with Crippen LogP contribution in [-0.2, 0) is 11.2 Å². The molecule has 2 aliphatic carbocycles. The van der Waals surface area contributed by atoms with Crippen LogP contribution in [0.5, 0.6) is 0 Å². The molecule has 166 valence electrons. The molecule has 1 aliphatic heterocycles. The summed E-state index contributed by atoms with van der Waals surface area (Å²) in [4.78, 5) is 15.3. The van der Waals surface area contributed by atoms with Crippen molar-refractivity contribution in [3.05, 3.63) is 35.4 Å². The first-order chi connectivity index (χ1) is 14.6. The second-order valence-corrected chi connectivity index (χ2v) is 9.67. The lowest BCUT2D eigenvalue weighted by atomic mass is 9.77. The molecule has 1 amide bonds. The van der Waals surface area contributed by atoms with E-state index in [9.17, 15) is 15.0 Å². The zero-order valence-corrected chi connectivity index (χ0v) is 18.2. The Bertz CT molecular complexity index is 718. The molecule has 0 bridgehead atoms. The van der Waals surface area contributed by atoms with E-state index in [1.54, 1.807) is 0 Å². The summed E-state index contributed by atoms with van der Waals surface area (Å²) in [7, 11) is 0. The first-order valence-electron chi connectivity index (χ1n) is 12.1. The maximum atomic E-state index is 13.2. The van der Waals surface area contributed by atoms with Crippen molar-refractivity contribution in [2.24, 2.45) is 5.92 Å². The molecule has 5 nitrogen and oxygen atoms in total. The minimum Gasteiger partial charge on any atom is -0.390 e. The SMILES string of the molecule is O=C(CNCC[C@@]1(O)CCCC[C@H]1O)N1CCc2ccccc2C1C1CCCCC1. The summed E-state index contributed by atoms with van der Waals surface area (Å²) >= 11 is 0. The van der Waals surface area contributed by atoms with Crippen molar-refractivity contribution < 1.29 is 15.0 Å². The molecule has 1 aromatic carbocycles. The summed E-state index contributed by atoms with van der Waals surface area (Å²) in [5, 5.41) is 24.1. The van der Waals surface area contributed by atoms with E-state index >= 15 is 0 Å². The fourth-order valence-electron chi connectivity index (χ4n) is 5.93. The normalized spacial score (nSPS) is 30.1. The van der Waals surface area contributed by atoms with E-state index in [0.29, 0.717) is 38.3 Å². The van der Waals surface area contributed by atoms with E-state index < -0.39 is 11.7 Å². The third kappa shape index (κ3) is 4.74. The minimum atomic E-state index is -0.997. The molecule has 1 aromatic rings. The van der Waals surface area contributed by atoms with Crippen LogP contribution in [0, 0.1) is 5.92 Å². The van der Waals surface area contributed by atoms with Gasteiger partial charge in [0.1, 0.15) is 0 Å². The molecule has 4 rings (SSSR count). The zero-order valence-electron chi connectivity index (χ0n) is 18.2. The lowest BCUT2D eigenvalue weighted by Gasteiger charge is -2.43. The average Bonchev–Trinajstić information content (AvgIpc) is 2.78. The van der Waals surface area contributed by atoms with Crippen LogP contribution in [0.25, 0.3) is 0 Å². The number of benzene rings is 1. The predicted molar refractivity (Wildman–Crippen MR) is 118 cm³/mol. The van der Waals surface area contributed by atoms with Crippen LogP contribution in [0.2, 0.25) is 0 Å². The van der Waals surface area contributed by atoms with Crippen LogP contribution < -0.4 is 5.32 Å². The van der Waals surface area contributed by atoms with Crippen molar-refractivity contribution in [1.29, 1.82) is 0 Å². The highest BCUT2D eigenvalue weighted by atomic mass is 16.3. The van der Waals surface area contributed by atoms with Gasteiger partial charge in [0.15, 0.2) is 0 Å². The quantitative estimate of drug-likeness (QED) is 0.624. The Morgan fingerprint density at radius 3 is 2.67 bits per heavy atom. The smallest absolute Gasteiger partial charge is 0.237 e. The van der Waals surface area contributed by atoms with E-state index in [0.717, 1.165) is 25.8 Å². The Morgan fingerprint density at radius 2 is 1.87 bits per heavy atom. The van der Waals surface area contributed by atoms with Crippen molar-refractivity contribution >= 4 is 5.91 Å². The van der Waals surface area contributed by atoms with Gasteiger partial charge in [0, 0.05) is 6.54 Å². The van der Waals surface area contributed by atoms with Gasteiger partial charge in [0.05, 0.1) is 24.3 Å². The van der Waals surface area contributed by atoms with Crippen LogP contribution in [0.4, 0.5) is 0 Å². The maximum Gasteiger partial charge on any atom is 0.237 e. The van der Waals surface area contributed by atoms with Crippen LogP contribution in [0.3, 0.4) is 0 Å². The second-order valence-electron chi connectivity index (χ2n) is 9.67. The number of aliphatic hydroxyl groups excluding tert-OH is 1. The fourth-order valence-corrected chi connectivity index (χ4v) is 5.93. The molecule has 0 aromatic heterocycles. The number of amides is 1. The molecule has 3 N–H and O–H groups in total. The summed E-state index contributed by atoms with van der Waals surface area (Å²) in [6.07, 6.45) is 10.3. The summed E-state index contributed by atoms with van der Waals surface area (Å²) < 4.78 is 0. The minimum absolute atomic E-state index is 0.163. The van der Waals surface area contributed by atoms with Gasteiger partial charge in [-0.05, 0) is 62.1 Å². The molecular formula is C25H38N2O3. The van der Waals surface area contributed by atoms with E-state index in [-0.39, 0.29) is 11.9 Å². The number of carbonyl (C=O) groups excluding carboxylic acids is 1. The number of hydrogen-bond donors (Lipinski definition) is 3. The van der Waals surface area contributed by atoms with Crippen molar-refractivity contribution in [1.82, 2.24) is 10.2 Å². The van der Waals surface area contributed by atoms with Crippen LogP contribution in [0.1, 0.15) is 81.4 Å². The standard InChI is InChI=1S/C25H38N2O3/c28-22-12-6-7-14-25(22,30)15-16-26-18-23(29)27-17-13-19-8-4-5-11-21(19)24(27)20-9-2-1-3-10-20/h4-5,8,11,20,22,24,26,28,30H,1-3,6-7,9-10,12-18H2/t22-,24?,25+/m1/s1. The highest BCUT2D eigenvalue weighted by molar-refractivity contribution is 5.79. The van der Waals surface area contributed by atoms with Crippen molar-refractivity contribution in [3.8, 4) is 0 Å². The average molecular weight is 415 g/mol. The summed E-state index contributed by atoms with van der Waals surface area (Å²) in [6.45, 7) is 1.65. The van der Waals surface area contributed by atoms with Gasteiger partial charge < -0.3 is 20.4 Å². The van der Waals surface area contributed by atoms with Crippen molar-refractivity contribution in [2.75, 3.05) is 19.6 Å². The third-order valence-electron chi connectivity index (χ3n) is 7.72. The molecule has 30 heavy (non-hydrogen) atoms. The number of nitrogens with zero attached hydrogens (tertiary/aromatic N) is 1. The predicted octanol–water partition coefficient (Wildman–Crippen LogP) is 3.34. The van der Waals surface area contributed by atoms with E-state index in [4.69, 9.17) is 0 Å². The van der Waals surface area contributed by atoms with Gasteiger partial charge in [-0.2, -0.15) is 0 Å². The monoisotopic (exact) mass is 414 g/mol. The van der Waals surface area contributed by atoms with Gasteiger partial charge >= 0.3 is 0 Å². The first kappa shape index (κ1) is 21.8. The molecule has 3 aliphatic rings.